The predicted octanol–water partition coefficient (Wildman–Crippen LogP) is 1.72. The van der Waals surface area contributed by atoms with Crippen LogP contribution in [-0.2, 0) is 4.74 Å². The van der Waals surface area contributed by atoms with E-state index in [1.54, 1.807) is 13.8 Å². The first-order chi connectivity index (χ1) is 5.59. The zero-order chi connectivity index (χ0) is 9.14. The second-order valence-electron chi connectivity index (χ2n) is 2.69. The molecule has 1 heterocycles. The first-order valence-corrected chi connectivity index (χ1v) is 3.64. The number of carbonyl (C=O) groups is 1. The van der Waals surface area contributed by atoms with Crippen LogP contribution in [0.2, 0.25) is 0 Å². The van der Waals surface area contributed by atoms with E-state index >= 15 is 0 Å². The molecule has 0 unspecified atom stereocenters. The molecule has 0 atom stereocenters. The first-order valence-electron chi connectivity index (χ1n) is 3.64. The third-order valence-electron chi connectivity index (χ3n) is 1.21. The first kappa shape index (κ1) is 8.77. The van der Waals surface area contributed by atoms with Gasteiger partial charge in [0, 0.05) is 12.3 Å². The fraction of sp³-hybridized carbons (Fsp3) is 0.375. The Morgan fingerprint density at radius 1 is 1.67 bits per heavy atom. The van der Waals surface area contributed by atoms with Gasteiger partial charge in [0.2, 0.25) is 0 Å². The second kappa shape index (κ2) is 3.38. The summed E-state index contributed by atoms with van der Waals surface area (Å²) in [6.07, 6.45) is 0.917. The van der Waals surface area contributed by atoms with Crippen LogP contribution in [0, 0.1) is 5.82 Å². The maximum Gasteiger partial charge on any atom is 0.355 e. The Kier molecular flexibility index (Phi) is 2.47. The topological polar surface area (TPSA) is 42.1 Å². The lowest BCUT2D eigenvalue weighted by molar-refractivity contribution is 0.0371. The quantitative estimate of drug-likeness (QED) is 0.688. The van der Waals surface area contributed by atoms with Crippen LogP contribution in [0.4, 0.5) is 4.39 Å². The molecule has 3 nitrogen and oxygen atoms in total. The van der Waals surface area contributed by atoms with E-state index in [4.69, 9.17) is 4.74 Å². The van der Waals surface area contributed by atoms with E-state index in [2.05, 4.69) is 4.98 Å². The third kappa shape index (κ3) is 2.08. The van der Waals surface area contributed by atoms with Gasteiger partial charge in [-0.15, -0.1) is 0 Å². The fourth-order valence-electron chi connectivity index (χ4n) is 0.763. The van der Waals surface area contributed by atoms with Crippen molar-refractivity contribution in [3.63, 3.8) is 0 Å². The molecule has 1 aromatic rings. The lowest BCUT2D eigenvalue weighted by Gasteiger charge is -2.05. The van der Waals surface area contributed by atoms with Gasteiger partial charge in [-0.3, -0.25) is 0 Å². The van der Waals surface area contributed by atoms with Crippen LogP contribution in [0.1, 0.15) is 24.3 Å². The van der Waals surface area contributed by atoms with Gasteiger partial charge >= 0.3 is 5.97 Å². The molecule has 0 radical (unpaired) electrons. The zero-order valence-corrected chi connectivity index (χ0v) is 6.93. The Morgan fingerprint density at radius 3 is 2.75 bits per heavy atom. The number of esters is 1. The molecule has 4 heteroatoms. The minimum absolute atomic E-state index is 0.140. The van der Waals surface area contributed by atoms with Gasteiger partial charge in [0.1, 0.15) is 11.5 Å². The van der Waals surface area contributed by atoms with Crippen molar-refractivity contribution in [3.8, 4) is 0 Å². The number of hydrogen-bond acceptors (Lipinski definition) is 2. The van der Waals surface area contributed by atoms with E-state index in [0.29, 0.717) is 0 Å². The Bertz CT molecular complexity index is 280. The molecule has 66 valence electrons. The third-order valence-corrected chi connectivity index (χ3v) is 1.21. The number of aromatic amines is 1. The summed E-state index contributed by atoms with van der Waals surface area (Å²) < 4.78 is 17.2. The van der Waals surface area contributed by atoms with Gasteiger partial charge in [-0.2, -0.15) is 0 Å². The van der Waals surface area contributed by atoms with Crippen molar-refractivity contribution >= 4 is 5.97 Å². The molecule has 0 fully saturated rings. The number of carbonyl (C=O) groups excluding carboxylic acids is 1. The van der Waals surface area contributed by atoms with E-state index in [1.165, 1.54) is 0 Å². The summed E-state index contributed by atoms with van der Waals surface area (Å²) in [4.78, 5) is 13.5. The maximum absolute atomic E-state index is 12.4. The average Bonchev–Trinajstić information content (AvgIpc) is 2.34. The van der Waals surface area contributed by atoms with Crippen molar-refractivity contribution < 1.29 is 13.9 Å². The standard InChI is InChI=1S/C8H10FNO2/c1-5(2)12-8(11)7-3-6(9)4-10-7/h3-5,10H,1-2H3. The van der Waals surface area contributed by atoms with Gasteiger partial charge in [0.25, 0.3) is 0 Å². The minimum Gasteiger partial charge on any atom is -0.458 e. The predicted molar refractivity (Wildman–Crippen MR) is 41.3 cm³/mol. The lowest BCUT2D eigenvalue weighted by atomic mass is 10.4. The minimum atomic E-state index is -0.533. The number of nitrogens with one attached hydrogen (secondary N) is 1. The number of aromatic nitrogens is 1. The molecule has 0 saturated carbocycles. The van der Waals surface area contributed by atoms with Crippen LogP contribution >= 0.6 is 0 Å². The summed E-state index contributed by atoms with van der Waals surface area (Å²) in [5, 5.41) is 0. The molecule has 0 saturated heterocycles. The number of H-pyrrole nitrogens is 1. The van der Waals surface area contributed by atoms with Crippen LogP contribution in [-0.4, -0.2) is 17.1 Å². The fourth-order valence-corrected chi connectivity index (χ4v) is 0.763. The van der Waals surface area contributed by atoms with Crippen LogP contribution in [0.3, 0.4) is 0 Å². The highest BCUT2D eigenvalue weighted by atomic mass is 19.1. The van der Waals surface area contributed by atoms with E-state index in [1.807, 2.05) is 0 Å². The average molecular weight is 171 g/mol. The summed E-state index contributed by atoms with van der Waals surface area (Å²) in [5.41, 5.74) is 0.140. The summed E-state index contributed by atoms with van der Waals surface area (Å²) >= 11 is 0. The van der Waals surface area contributed by atoms with Gasteiger partial charge in [-0.05, 0) is 13.8 Å². The molecule has 1 rings (SSSR count). The van der Waals surface area contributed by atoms with Gasteiger partial charge in [0.05, 0.1) is 6.10 Å². The van der Waals surface area contributed by atoms with Crippen molar-refractivity contribution in [2.24, 2.45) is 0 Å². The highest BCUT2D eigenvalue weighted by Gasteiger charge is 2.10. The van der Waals surface area contributed by atoms with Crippen LogP contribution in [0.15, 0.2) is 12.3 Å². The molecule has 12 heavy (non-hydrogen) atoms. The monoisotopic (exact) mass is 171 g/mol. The summed E-state index contributed by atoms with van der Waals surface area (Å²) in [5.74, 6) is -1.00. The van der Waals surface area contributed by atoms with E-state index in [0.717, 1.165) is 12.3 Å². The molecule has 0 spiro atoms. The molecule has 0 aromatic carbocycles. The molecular formula is C8H10FNO2. The van der Waals surface area contributed by atoms with Crippen molar-refractivity contribution in [1.82, 2.24) is 4.98 Å². The van der Waals surface area contributed by atoms with Crippen molar-refractivity contribution in [2.45, 2.75) is 20.0 Å². The largest absolute Gasteiger partial charge is 0.458 e. The van der Waals surface area contributed by atoms with E-state index < -0.39 is 11.8 Å². The highest BCUT2D eigenvalue weighted by Crippen LogP contribution is 2.04. The van der Waals surface area contributed by atoms with Gasteiger partial charge in [-0.1, -0.05) is 0 Å². The molecule has 0 aliphatic carbocycles. The lowest BCUT2D eigenvalue weighted by Crippen LogP contribution is -2.11. The second-order valence-corrected chi connectivity index (χ2v) is 2.69. The SMILES string of the molecule is CC(C)OC(=O)c1cc(F)c[nH]1. The number of halogens is 1. The highest BCUT2D eigenvalue weighted by molar-refractivity contribution is 5.87. The van der Waals surface area contributed by atoms with Gasteiger partial charge < -0.3 is 9.72 Å². The van der Waals surface area contributed by atoms with Crippen molar-refractivity contribution in [3.05, 3.63) is 23.8 Å². The smallest absolute Gasteiger partial charge is 0.355 e. The molecule has 0 bridgehead atoms. The van der Waals surface area contributed by atoms with Crippen LogP contribution in [0.25, 0.3) is 0 Å². The van der Waals surface area contributed by atoms with Crippen molar-refractivity contribution in [1.29, 1.82) is 0 Å². The number of ether oxygens (including phenoxy) is 1. The van der Waals surface area contributed by atoms with Gasteiger partial charge in [0.15, 0.2) is 0 Å². The van der Waals surface area contributed by atoms with Crippen LogP contribution < -0.4 is 0 Å². The summed E-state index contributed by atoms with van der Waals surface area (Å²) in [6, 6.07) is 1.10. The molecule has 0 aliphatic heterocycles. The summed E-state index contributed by atoms with van der Waals surface area (Å²) in [6.45, 7) is 3.47. The Morgan fingerprint density at radius 2 is 2.33 bits per heavy atom. The van der Waals surface area contributed by atoms with Crippen molar-refractivity contribution in [2.75, 3.05) is 0 Å². The molecule has 1 aromatic heterocycles. The Labute approximate surface area is 69.5 Å². The van der Waals surface area contributed by atoms with E-state index in [-0.39, 0.29) is 11.8 Å². The number of rotatable bonds is 2. The molecule has 0 amide bonds. The maximum atomic E-state index is 12.4. The molecular weight excluding hydrogens is 161 g/mol. The number of hydrogen-bond donors (Lipinski definition) is 1. The Hall–Kier alpha value is -1.32. The van der Waals surface area contributed by atoms with Gasteiger partial charge in [-0.25, -0.2) is 9.18 Å². The van der Waals surface area contributed by atoms with Crippen LogP contribution in [0.5, 0.6) is 0 Å². The van der Waals surface area contributed by atoms with E-state index in [9.17, 15) is 9.18 Å². The molecule has 1 N–H and O–H groups in total. The zero-order valence-electron chi connectivity index (χ0n) is 6.93. The Balaban J connectivity index is 2.65. The normalized spacial score (nSPS) is 10.3. The molecule has 0 aliphatic rings. The summed E-state index contributed by atoms with van der Waals surface area (Å²) in [7, 11) is 0.